The number of aromatic nitrogens is 4. The average Bonchev–Trinajstić information content (AvgIpc) is 2.89. The van der Waals surface area contributed by atoms with Gasteiger partial charge in [0, 0.05) is 36.6 Å². The van der Waals surface area contributed by atoms with Crippen LogP contribution in [0.3, 0.4) is 0 Å². The van der Waals surface area contributed by atoms with Crippen LogP contribution in [0.4, 0.5) is 0 Å². The van der Waals surface area contributed by atoms with Crippen LogP contribution in [0.1, 0.15) is 25.0 Å². The van der Waals surface area contributed by atoms with Gasteiger partial charge in [0.25, 0.3) is 0 Å². The summed E-state index contributed by atoms with van der Waals surface area (Å²) in [4.78, 5) is 8.59. The lowest BCUT2D eigenvalue weighted by Gasteiger charge is -2.08. The fourth-order valence-corrected chi connectivity index (χ4v) is 2.21. The van der Waals surface area contributed by atoms with Crippen LogP contribution in [-0.2, 0) is 13.1 Å². The van der Waals surface area contributed by atoms with Crippen LogP contribution < -0.4 is 5.32 Å². The zero-order valence-corrected chi connectivity index (χ0v) is 12.3. The van der Waals surface area contributed by atoms with E-state index in [0.29, 0.717) is 12.6 Å². The zero-order chi connectivity index (χ0) is 14.7. The highest BCUT2D eigenvalue weighted by Crippen LogP contribution is 2.14. The molecule has 0 saturated heterocycles. The van der Waals surface area contributed by atoms with E-state index in [1.807, 2.05) is 29.2 Å². The van der Waals surface area contributed by atoms with E-state index in [2.05, 4.69) is 40.3 Å². The average molecular weight is 281 g/mol. The van der Waals surface area contributed by atoms with E-state index in [1.54, 1.807) is 12.4 Å². The normalized spacial score (nSPS) is 11.4. The van der Waals surface area contributed by atoms with Crippen LogP contribution in [0.15, 0.2) is 43.0 Å². The van der Waals surface area contributed by atoms with E-state index in [0.717, 1.165) is 17.6 Å². The van der Waals surface area contributed by atoms with E-state index in [-0.39, 0.29) is 0 Å². The highest BCUT2D eigenvalue weighted by molar-refractivity contribution is 5.75. The standard InChI is InChI=1S/C16H19N5/c1-12(2)18-8-14-7-15-10-20-21(16(15)19-9-14)11-13-3-5-17-6-4-13/h3-7,9-10,12,18H,8,11H2,1-2H3. The zero-order valence-electron chi connectivity index (χ0n) is 12.3. The SMILES string of the molecule is CC(C)NCc1cnc2c(cnn2Cc2ccncc2)c1. The first kappa shape index (κ1) is 13.7. The van der Waals surface area contributed by atoms with Gasteiger partial charge >= 0.3 is 0 Å². The molecule has 5 heteroatoms. The Bertz CT molecular complexity index is 718. The predicted molar refractivity (Wildman–Crippen MR) is 82.8 cm³/mol. The Balaban J connectivity index is 1.82. The smallest absolute Gasteiger partial charge is 0.158 e. The molecule has 0 unspecified atom stereocenters. The van der Waals surface area contributed by atoms with Gasteiger partial charge in [0.2, 0.25) is 0 Å². The van der Waals surface area contributed by atoms with Gasteiger partial charge in [-0.2, -0.15) is 5.10 Å². The minimum absolute atomic E-state index is 0.468. The molecule has 108 valence electrons. The van der Waals surface area contributed by atoms with Crippen molar-refractivity contribution in [2.45, 2.75) is 33.0 Å². The number of hydrogen-bond donors (Lipinski definition) is 1. The first-order valence-electron chi connectivity index (χ1n) is 7.15. The maximum absolute atomic E-state index is 4.56. The van der Waals surface area contributed by atoms with Gasteiger partial charge in [0.05, 0.1) is 12.7 Å². The molecule has 0 aromatic carbocycles. The Kier molecular flexibility index (Phi) is 3.92. The molecule has 21 heavy (non-hydrogen) atoms. The summed E-state index contributed by atoms with van der Waals surface area (Å²) in [6, 6.07) is 6.60. The highest BCUT2D eigenvalue weighted by atomic mass is 15.3. The molecule has 5 nitrogen and oxygen atoms in total. The van der Waals surface area contributed by atoms with Gasteiger partial charge in [-0.25, -0.2) is 9.67 Å². The van der Waals surface area contributed by atoms with Crippen LogP contribution in [0.5, 0.6) is 0 Å². The van der Waals surface area contributed by atoms with Gasteiger partial charge in [-0.3, -0.25) is 4.98 Å². The second-order valence-corrected chi connectivity index (χ2v) is 5.45. The predicted octanol–water partition coefficient (Wildman–Crippen LogP) is 2.37. The molecule has 3 rings (SSSR count). The number of nitrogens with zero attached hydrogens (tertiary/aromatic N) is 4. The third kappa shape index (κ3) is 3.25. The van der Waals surface area contributed by atoms with Crippen molar-refractivity contribution in [1.29, 1.82) is 0 Å². The van der Waals surface area contributed by atoms with Crippen molar-refractivity contribution >= 4 is 11.0 Å². The molecule has 0 fully saturated rings. The van der Waals surface area contributed by atoms with Crippen molar-refractivity contribution in [2.75, 3.05) is 0 Å². The maximum atomic E-state index is 4.56. The van der Waals surface area contributed by atoms with Gasteiger partial charge in [0.15, 0.2) is 5.65 Å². The van der Waals surface area contributed by atoms with Crippen LogP contribution in [0, 0.1) is 0 Å². The molecule has 0 bridgehead atoms. The summed E-state index contributed by atoms with van der Waals surface area (Å²) < 4.78 is 1.92. The van der Waals surface area contributed by atoms with Crippen LogP contribution in [-0.4, -0.2) is 25.8 Å². The van der Waals surface area contributed by atoms with E-state index in [9.17, 15) is 0 Å². The van der Waals surface area contributed by atoms with E-state index in [1.165, 1.54) is 11.1 Å². The number of fused-ring (bicyclic) bond motifs is 1. The molecule has 0 aliphatic rings. The Labute approximate surface area is 124 Å². The summed E-state index contributed by atoms with van der Waals surface area (Å²) in [7, 11) is 0. The molecule has 3 aromatic rings. The van der Waals surface area contributed by atoms with Crippen molar-refractivity contribution in [2.24, 2.45) is 0 Å². The van der Waals surface area contributed by atoms with E-state index < -0.39 is 0 Å². The van der Waals surface area contributed by atoms with Gasteiger partial charge in [-0.15, -0.1) is 0 Å². The van der Waals surface area contributed by atoms with E-state index in [4.69, 9.17) is 0 Å². The van der Waals surface area contributed by atoms with Crippen LogP contribution >= 0.6 is 0 Å². The second-order valence-electron chi connectivity index (χ2n) is 5.45. The number of pyridine rings is 2. The van der Waals surface area contributed by atoms with Crippen molar-refractivity contribution in [3.8, 4) is 0 Å². The molecule has 0 saturated carbocycles. The number of hydrogen-bond acceptors (Lipinski definition) is 4. The largest absolute Gasteiger partial charge is 0.310 e. The Morgan fingerprint density at radius 1 is 1.14 bits per heavy atom. The first-order valence-corrected chi connectivity index (χ1v) is 7.15. The summed E-state index contributed by atoms with van der Waals surface area (Å²) in [5.74, 6) is 0. The Morgan fingerprint density at radius 3 is 2.71 bits per heavy atom. The lowest BCUT2D eigenvalue weighted by molar-refractivity contribution is 0.588. The fourth-order valence-electron chi connectivity index (χ4n) is 2.21. The topological polar surface area (TPSA) is 55.6 Å². The van der Waals surface area contributed by atoms with Crippen molar-refractivity contribution in [1.82, 2.24) is 25.1 Å². The molecular formula is C16H19N5. The highest BCUT2D eigenvalue weighted by Gasteiger charge is 2.06. The summed E-state index contributed by atoms with van der Waals surface area (Å²) >= 11 is 0. The molecule has 0 spiro atoms. The first-order chi connectivity index (χ1) is 10.2. The van der Waals surface area contributed by atoms with Gasteiger partial charge in [-0.1, -0.05) is 13.8 Å². The minimum atomic E-state index is 0.468. The molecule has 3 aromatic heterocycles. The summed E-state index contributed by atoms with van der Waals surface area (Å²) in [6.45, 7) is 5.82. The van der Waals surface area contributed by atoms with Gasteiger partial charge in [-0.05, 0) is 29.3 Å². The molecule has 1 N–H and O–H groups in total. The summed E-state index contributed by atoms with van der Waals surface area (Å²) in [5, 5.41) is 8.92. The minimum Gasteiger partial charge on any atom is -0.310 e. The Hall–Kier alpha value is -2.27. The lowest BCUT2D eigenvalue weighted by atomic mass is 10.2. The van der Waals surface area contributed by atoms with Gasteiger partial charge in [0.1, 0.15) is 0 Å². The molecule has 3 heterocycles. The quantitative estimate of drug-likeness (QED) is 0.780. The van der Waals surface area contributed by atoms with Crippen LogP contribution in [0.25, 0.3) is 11.0 Å². The lowest BCUT2D eigenvalue weighted by Crippen LogP contribution is -2.21. The molecule has 0 atom stereocenters. The number of nitrogens with one attached hydrogen (secondary N) is 1. The third-order valence-electron chi connectivity index (χ3n) is 3.33. The molecular weight excluding hydrogens is 262 g/mol. The van der Waals surface area contributed by atoms with E-state index >= 15 is 0 Å². The van der Waals surface area contributed by atoms with Crippen molar-refractivity contribution in [3.63, 3.8) is 0 Å². The summed E-state index contributed by atoms with van der Waals surface area (Å²) in [6.07, 6.45) is 7.39. The second kappa shape index (κ2) is 6.01. The van der Waals surface area contributed by atoms with Gasteiger partial charge < -0.3 is 5.32 Å². The number of rotatable bonds is 5. The summed E-state index contributed by atoms with van der Waals surface area (Å²) in [5.41, 5.74) is 3.27. The molecule has 0 aliphatic heterocycles. The van der Waals surface area contributed by atoms with Crippen molar-refractivity contribution in [3.05, 3.63) is 54.1 Å². The molecule has 0 radical (unpaired) electrons. The third-order valence-corrected chi connectivity index (χ3v) is 3.33. The van der Waals surface area contributed by atoms with Crippen LogP contribution in [0.2, 0.25) is 0 Å². The fraction of sp³-hybridized carbons (Fsp3) is 0.312. The maximum Gasteiger partial charge on any atom is 0.158 e. The Morgan fingerprint density at radius 2 is 1.95 bits per heavy atom. The monoisotopic (exact) mass is 281 g/mol. The van der Waals surface area contributed by atoms with Crippen molar-refractivity contribution < 1.29 is 0 Å². The molecule has 0 aliphatic carbocycles. The molecule has 0 amide bonds.